The third-order valence-electron chi connectivity index (χ3n) is 8.94. The second-order valence-electron chi connectivity index (χ2n) is 12.5. The molecule has 2 aliphatic rings. The first-order valence-corrected chi connectivity index (χ1v) is 16.9. The van der Waals surface area contributed by atoms with Crippen LogP contribution in [0.25, 0.3) is 68.6 Å². The lowest BCUT2D eigenvalue weighted by atomic mass is 10.0. The molecule has 8 bridgehead atoms. The Bertz CT molecular complexity index is 2570. The number of rotatable bonds is 6. The number of benzene rings is 4. The smallest absolute Gasteiger partial charge is 0.178 e. The highest BCUT2D eigenvalue weighted by Crippen LogP contribution is 2.39. The molecule has 8 heteroatoms. The van der Waals surface area contributed by atoms with Crippen molar-refractivity contribution in [2.75, 3.05) is 11.5 Å². The van der Waals surface area contributed by atoms with Crippen LogP contribution in [-0.2, 0) is 0 Å². The Kier molecular flexibility index (Phi) is 7.59. The van der Waals surface area contributed by atoms with Gasteiger partial charge >= 0.3 is 0 Å². The molecule has 52 heavy (non-hydrogen) atoms. The summed E-state index contributed by atoms with van der Waals surface area (Å²) in [5, 5.41) is 0. The van der Waals surface area contributed by atoms with Crippen molar-refractivity contribution < 1.29 is 9.47 Å². The summed E-state index contributed by atoms with van der Waals surface area (Å²) in [6.45, 7) is 0. The average Bonchev–Trinajstić information content (AvgIpc) is 4.00. The van der Waals surface area contributed by atoms with E-state index in [2.05, 4.69) is 46.4 Å². The molecular weight excluding hydrogens is 645 g/mol. The molecule has 0 radical (unpaired) electrons. The summed E-state index contributed by atoms with van der Waals surface area (Å²) in [5.74, 6) is 2.32. The number of ether oxygens (including phenoxy) is 2. The van der Waals surface area contributed by atoms with Gasteiger partial charge in [0.1, 0.15) is 22.9 Å². The second-order valence-corrected chi connectivity index (χ2v) is 12.5. The van der Waals surface area contributed by atoms with E-state index in [0.29, 0.717) is 45.8 Å². The standard InChI is InChI=1S/C44H32N6O2/c45-29-13-7-15-31(25-29)51-43-37-21-17-33(47-37)41(27-9-3-1-4-10-27)34-18-22-38(48-34)44(52-32-16-8-14-30(46)26-32)40-24-20-36(50-40)42(28-11-5-2-6-12-28)35-19-23-39(43)49-35/h1-26,47,49H,45-46H2. The fourth-order valence-electron chi connectivity index (χ4n) is 6.58. The Morgan fingerprint density at radius 1 is 0.404 bits per heavy atom. The molecule has 5 heterocycles. The van der Waals surface area contributed by atoms with Gasteiger partial charge in [-0.25, -0.2) is 9.97 Å². The van der Waals surface area contributed by atoms with Crippen LogP contribution in [-0.4, -0.2) is 19.9 Å². The van der Waals surface area contributed by atoms with E-state index in [1.165, 1.54) is 0 Å². The van der Waals surface area contributed by atoms with Gasteiger partial charge in [0.15, 0.2) is 11.5 Å². The molecule has 0 fully saturated rings. The van der Waals surface area contributed by atoms with Gasteiger partial charge in [-0.2, -0.15) is 0 Å². The minimum absolute atomic E-state index is 0.514. The van der Waals surface area contributed by atoms with Crippen molar-refractivity contribution in [3.05, 3.63) is 156 Å². The van der Waals surface area contributed by atoms with Crippen molar-refractivity contribution in [1.29, 1.82) is 0 Å². The summed E-state index contributed by atoms with van der Waals surface area (Å²) in [5.41, 5.74) is 23.4. The molecule has 250 valence electrons. The van der Waals surface area contributed by atoms with E-state index in [1.807, 2.05) is 115 Å². The normalized spacial score (nSPS) is 11.8. The molecule has 0 atom stereocenters. The number of nitrogens with zero attached hydrogens (tertiary/aromatic N) is 2. The number of nitrogen functional groups attached to an aromatic ring is 2. The molecule has 6 N–H and O–H groups in total. The Morgan fingerprint density at radius 3 is 1.29 bits per heavy atom. The molecule has 9 rings (SSSR count). The molecule has 8 nitrogen and oxygen atoms in total. The maximum Gasteiger partial charge on any atom is 0.178 e. The lowest BCUT2D eigenvalue weighted by Crippen LogP contribution is -1.93. The molecule has 7 aromatic rings. The molecule has 3 aromatic heterocycles. The van der Waals surface area contributed by atoms with Crippen molar-refractivity contribution in [2.24, 2.45) is 0 Å². The number of nitrogens with one attached hydrogen (secondary N) is 2. The first-order valence-electron chi connectivity index (χ1n) is 16.9. The second kappa shape index (κ2) is 12.9. The van der Waals surface area contributed by atoms with E-state index in [9.17, 15) is 0 Å². The Balaban J connectivity index is 1.41. The van der Waals surface area contributed by atoms with Crippen molar-refractivity contribution >= 4 is 57.7 Å². The van der Waals surface area contributed by atoms with Crippen LogP contribution in [0.4, 0.5) is 11.4 Å². The van der Waals surface area contributed by atoms with Gasteiger partial charge in [0.05, 0.1) is 22.4 Å². The van der Waals surface area contributed by atoms with E-state index in [0.717, 1.165) is 55.7 Å². The summed E-state index contributed by atoms with van der Waals surface area (Å²) in [7, 11) is 0. The fourth-order valence-corrected chi connectivity index (χ4v) is 6.58. The van der Waals surface area contributed by atoms with Gasteiger partial charge in [-0.05, 0) is 84.0 Å². The highest BCUT2D eigenvalue weighted by atomic mass is 16.5. The quantitative estimate of drug-likeness (QED) is 0.130. The van der Waals surface area contributed by atoms with Crippen LogP contribution in [0.15, 0.2) is 133 Å². The zero-order chi connectivity index (χ0) is 35.0. The van der Waals surface area contributed by atoms with E-state index in [4.69, 9.17) is 30.9 Å². The van der Waals surface area contributed by atoms with Gasteiger partial charge < -0.3 is 30.9 Å². The Labute approximate surface area is 299 Å². The monoisotopic (exact) mass is 676 g/mol. The van der Waals surface area contributed by atoms with Gasteiger partial charge in [0, 0.05) is 45.7 Å². The molecule has 0 spiro atoms. The minimum atomic E-state index is 0.514. The van der Waals surface area contributed by atoms with Crippen LogP contribution < -0.4 is 20.9 Å². The fraction of sp³-hybridized carbons (Fsp3) is 0. The highest BCUT2D eigenvalue weighted by molar-refractivity contribution is 5.95. The number of hydrogen-bond donors (Lipinski definition) is 4. The number of H-pyrrole nitrogens is 2. The molecule has 2 aliphatic heterocycles. The molecule has 0 saturated heterocycles. The van der Waals surface area contributed by atoms with Crippen LogP contribution in [0.3, 0.4) is 0 Å². The molecule has 0 aliphatic carbocycles. The lowest BCUT2D eigenvalue weighted by Gasteiger charge is -2.09. The van der Waals surface area contributed by atoms with Gasteiger partial charge in [-0.3, -0.25) is 0 Å². The zero-order valence-corrected chi connectivity index (χ0v) is 27.9. The van der Waals surface area contributed by atoms with E-state index >= 15 is 0 Å². The van der Waals surface area contributed by atoms with Crippen molar-refractivity contribution in [3.8, 4) is 45.3 Å². The summed E-state index contributed by atoms with van der Waals surface area (Å²) < 4.78 is 13.3. The van der Waals surface area contributed by atoms with Crippen molar-refractivity contribution in [1.82, 2.24) is 19.9 Å². The first-order chi connectivity index (χ1) is 25.6. The van der Waals surface area contributed by atoms with Crippen molar-refractivity contribution in [3.63, 3.8) is 0 Å². The third kappa shape index (κ3) is 5.84. The topological polar surface area (TPSA) is 128 Å². The van der Waals surface area contributed by atoms with Crippen LogP contribution in [0.1, 0.15) is 22.8 Å². The molecular formula is C44H32N6O2. The number of fused-ring (bicyclic) bond motifs is 8. The van der Waals surface area contributed by atoms with Gasteiger partial charge in [0.2, 0.25) is 0 Å². The number of anilines is 2. The molecule has 0 unspecified atom stereocenters. The average molecular weight is 677 g/mol. The summed E-state index contributed by atoms with van der Waals surface area (Å²) in [6, 6.07) is 43.3. The predicted molar refractivity (Wildman–Crippen MR) is 212 cm³/mol. The van der Waals surface area contributed by atoms with Crippen LogP contribution >= 0.6 is 0 Å². The summed E-state index contributed by atoms with van der Waals surface area (Å²) in [6.07, 6.45) is 7.95. The van der Waals surface area contributed by atoms with E-state index in [-0.39, 0.29) is 0 Å². The SMILES string of the molecule is Nc1cccc(Oc2c3nc(c(-c4ccccc4)c4ccc([nH]4)c(Oc4cccc(N)c4)c4ccc([nH]4)c(-c4ccccc4)c4nc2C=C4)C=C3)c1. The van der Waals surface area contributed by atoms with E-state index in [1.54, 1.807) is 6.07 Å². The predicted octanol–water partition coefficient (Wildman–Crippen LogP) is 10.7. The number of aromatic amines is 2. The van der Waals surface area contributed by atoms with Crippen LogP contribution in [0.2, 0.25) is 0 Å². The first kappa shape index (κ1) is 30.7. The highest BCUT2D eigenvalue weighted by Gasteiger charge is 2.20. The van der Waals surface area contributed by atoms with Gasteiger partial charge in [-0.15, -0.1) is 0 Å². The number of nitrogens with two attached hydrogens (primary N) is 2. The largest absolute Gasteiger partial charge is 0.453 e. The summed E-state index contributed by atoms with van der Waals surface area (Å²) in [4.78, 5) is 17.7. The number of aromatic nitrogens is 4. The summed E-state index contributed by atoms with van der Waals surface area (Å²) >= 11 is 0. The third-order valence-corrected chi connectivity index (χ3v) is 8.94. The van der Waals surface area contributed by atoms with Gasteiger partial charge in [0.25, 0.3) is 0 Å². The minimum Gasteiger partial charge on any atom is -0.453 e. The molecule has 0 saturated carbocycles. The maximum absolute atomic E-state index is 6.65. The van der Waals surface area contributed by atoms with Crippen LogP contribution in [0, 0.1) is 0 Å². The maximum atomic E-state index is 6.65. The van der Waals surface area contributed by atoms with Crippen LogP contribution in [0.5, 0.6) is 23.0 Å². The van der Waals surface area contributed by atoms with E-state index < -0.39 is 0 Å². The Hall–Kier alpha value is -7.32. The number of hydrogen-bond acceptors (Lipinski definition) is 6. The Morgan fingerprint density at radius 2 is 0.827 bits per heavy atom. The molecule has 4 aromatic carbocycles. The van der Waals surface area contributed by atoms with Gasteiger partial charge in [-0.1, -0.05) is 72.8 Å². The lowest BCUT2D eigenvalue weighted by molar-refractivity contribution is 0.477. The van der Waals surface area contributed by atoms with Crippen molar-refractivity contribution in [2.45, 2.75) is 0 Å². The molecule has 0 amide bonds. The zero-order valence-electron chi connectivity index (χ0n) is 27.9.